The number of ether oxygens (including phenoxy) is 1. The van der Waals surface area contributed by atoms with E-state index < -0.39 is 26.5 Å². The summed E-state index contributed by atoms with van der Waals surface area (Å²) >= 11 is 0. The minimum absolute atomic E-state index is 0.115. The molecule has 0 aliphatic heterocycles. The van der Waals surface area contributed by atoms with E-state index >= 15 is 0 Å². The molecular formula is C10H15FN5O3P. The molecule has 1 unspecified atom stereocenters. The molecule has 0 bridgehead atoms. The van der Waals surface area contributed by atoms with E-state index in [1.165, 1.54) is 12.7 Å². The van der Waals surface area contributed by atoms with E-state index in [2.05, 4.69) is 15.0 Å². The predicted octanol–water partition coefficient (Wildman–Crippen LogP) is 0.621. The number of hydrogen-bond acceptors (Lipinski definition) is 6. The first-order valence-electron chi connectivity index (χ1n) is 5.79. The Morgan fingerprint density at radius 3 is 2.95 bits per heavy atom. The van der Waals surface area contributed by atoms with E-state index in [4.69, 9.17) is 15.4 Å². The van der Waals surface area contributed by atoms with E-state index in [-0.39, 0.29) is 12.4 Å². The molecule has 0 aliphatic rings. The molecule has 8 nitrogen and oxygen atoms in total. The highest BCUT2D eigenvalue weighted by molar-refractivity contribution is 7.56. The lowest BCUT2D eigenvalue weighted by molar-refractivity contribution is 0.0493. The molecular weight excluding hydrogens is 288 g/mol. The number of anilines is 1. The number of alkyl halides is 1. The van der Waals surface area contributed by atoms with Crippen molar-refractivity contribution in [2.75, 3.05) is 25.4 Å². The van der Waals surface area contributed by atoms with Gasteiger partial charge in [-0.05, 0) is 0 Å². The van der Waals surface area contributed by atoms with Crippen molar-refractivity contribution < 1.29 is 18.6 Å². The topological polar surface area (TPSA) is 116 Å². The zero-order valence-corrected chi connectivity index (χ0v) is 11.7. The van der Waals surface area contributed by atoms with Gasteiger partial charge in [0.2, 0.25) is 7.37 Å². The van der Waals surface area contributed by atoms with Crippen molar-refractivity contribution in [3.8, 4) is 0 Å². The summed E-state index contributed by atoms with van der Waals surface area (Å²) in [7, 11) is -3.34. The van der Waals surface area contributed by atoms with E-state index in [9.17, 15) is 8.96 Å². The summed E-state index contributed by atoms with van der Waals surface area (Å²) in [5.74, 6) is 0.236. The van der Waals surface area contributed by atoms with Crippen molar-refractivity contribution in [2.45, 2.75) is 12.6 Å². The number of rotatable bonds is 6. The molecule has 3 N–H and O–H groups in total. The highest BCUT2D eigenvalue weighted by Crippen LogP contribution is 2.35. The van der Waals surface area contributed by atoms with Gasteiger partial charge < -0.3 is 19.9 Å². The SMILES string of the molecule is CP(=O)(O)CO[C@@H](CF)Cn1cnc2c(N)ncnc21. The number of nitrogen functional groups attached to an aromatic ring is 1. The first-order chi connectivity index (χ1) is 9.40. The van der Waals surface area contributed by atoms with Gasteiger partial charge in [-0.15, -0.1) is 0 Å². The van der Waals surface area contributed by atoms with Crippen molar-refractivity contribution in [3.63, 3.8) is 0 Å². The smallest absolute Gasteiger partial charge is 0.222 e. The number of imidazole rings is 1. The standard InChI is InChI=1S/C10H15FN5O3P/c1-20(17,18)6-19-7(2-11)3-16-5-15-8-9(12)13-4-14-10(8)16/h4-5,7H,2-3,6H2,1H3,(H,17,18)(H2,12,13,14)/t7-/m0/s1. The Labute approximate surface area is 114 Å². The van der Waals surface area contributed by atoms with Crippen LogP contribution in [0, 0.1) is 0 Å². The van der Waals surface area contributed by atoms with Crippen LogP contribution in [0.4, 0.5) is 10.2 Å². The van der Waals surface area contributed by atoms with Crippen molar-refractivity contribution in [1.29, 1.82) is 0 Å². The second-order valence-electron chi connectivity index (χ2n) is 4.45. The molecule has 110 valence electrons. The molecule has 2 atom stereocenters. The first-order valence-corrected chi connectivity index (χ1v) is 8.08. The monoisotopic (exact) mass is 303 g/mol. The number of nitrogens with zero attached hydrogens (tertiary/aromatic N) is 4. The maximum atomic E-state index is 12.9. The molecule has 2 rings (SSSR count). The Morgan fingerprint density at radius 2 is 2.30 bits per heavy atom. The van der Waals surface area contributed by atoms with Crippen LogP contribution in [0.15, 0.2) is 12.7 Å². The van der Waals surface area contributed by atoms with Crippen molar-refractivity contribution in [2.24, 2.45) is 0 Å². The maximum Gasteiger partial charge on any atom is 0.222 e. The van der Waals surface area contributed by atoms with E-state index in [0.717, 1.165) is 6.66 Å². The summed E-state index contributed by atoms with van der Waals surface area (Å²) in [6.45, 7) is 0.479. The maximum absolute atomic E-state index is 12.9. The number of nitrogens with two attached hydrogens (primary N) is 1. The minimum atomic E-state index is -3.34. The van der Waals surface area contributed by atoms with Crippen LogP contribution in [0.5, 0.6) is 0 Å². The molecule has 0 saturated carbocycles. The van der Waals surface area contributed by atoms with Crippen LogP contribution in [0.2, 0.25) is 0 Å². The summed E-state index contributed by atoms with van der Waals surface area (Å²) in [5.41, 5.74) is 6.53. The lowest BCUT2D eigenvalue weighted by Gasteiger charge is -2.16. The number of aromatic nitrogens is 4. The van der Waals surface area contributed by atoms with Crippen LogP contribution in [0.25, 0.3) is 11.2 Å². The average molecular weight is 303 g/mol. The molecule has 0 fully saturated rings. The summed E-state index contributed by atoms with van der Waals surface area (Å²) in [6, 6.07) is 0. The highest BCUT2D eigenvalue weighted by atomic mass is 31.2. The van der Waals surface area contributed by atoms with Gasteiger partial charge in [0.25, 0.3) is 0 Å². The fourth-order valence-corrected chi connectivity index (χ4v) is 2.13. The Bertz CT molecular complexity index is 643. The third-order valence-electron chi connectivity index (χ3n) is 2.55. The highest BCUT2D eigenvalue weighted by Gasteiger charge is 2.18. The Balaban J connectivity index is 2.14. The number of fused-ring (bicyclic) bond motifs is 1. The molecule has 20 heavy (non-hydrogen) atoms. The molecule has 2 aromatic heterocycles. The summed E-state index contributed by atoms with van der Waals surface area (Å²) in [5, 5.41) is 0. The zero-order valence-electron chi connectivity index (χ0n) is 10.8. The average Bonchev–Trinajstić information content (AvgIpc) is 2.78. The summed E-state index contributed by atoms with van der Waals surface area (Å²) < 4.78 is 30.7. The second-order valence-corrected chi connectivity index (χ2v) is 6.81. The first kappa shape index (κ1) is 14.8. The van der Waals surface area contributed by atoms with Gasteiger partial charge in [-0.3, -0.25) is 4.57 Å². The van der Waals surface area contributed by atoms with E-state index in [1.807, 2.05) is 0 Å². The molecule has 2 aromatic rings. The third-order valence-corrected chi connectivity index (χ3v) is 3.18. The lowest BCUT2D eigenvalue weighted by Crippen LogP contribution is -2.22. The van der Waals surface area contributed by atoms with Crippen LogP contribution < -0.4 is 5.73 Å². The molecule has 0 amide bonds. The second kappa shape index (κ2) is 5.82. The largest absolute Gasteiger partial charge is 0.382 e. The fraction of sp³-hybridized carbons (Fsp3) is 0.500. The zero-order chi connectivity index (χ0) is 14.8. The number of hydrogen-bond donors (Lipinski definition) is 2. The summed E-state index contributed by atoms with van der Waals surface area (Å²) in [6.07, 6.45) is 1.48. The van der Waals surface area contributed by atoms with Crippen molar-refractivity contribution in [1.82, 2.24) is 19.5 Å². The van der Waals surface area contributed by atoms with E-state index in [0.29, 0.717) is 11.2 Å². The molecule has 10 heteroatoms. The molecule has 2 heterocycles. The number of halogens is 1. The predicted molar refractivity (Wildman–Crippen MR) is 71.2 cm³/mol. The normalized spacial score (nSPS) is 16.1. The molecule has 0 aromatic carbocycles. The van der Waals surface area contributed by atoms with E-state index in [1.54, 1.807) is 4.57 Å². The molecule has 0 radical (unpaired) electrons. The van der Waals surface area contributed by atoms with Crippen molar-refractivity contribution >= 4 is 24.4 Å². The Kier molecular flexibility index (Phi) is 4.32. The van der Waals surface area contributed by atoms with Crippen LogP contribution in [-0.4, -0.2) is 50.2 Å². The van der Waals surface area contributed by atoms with Crippen LogP contribution >= 0.6 is 7.37 Å². The Morgan fingerprint density at radius 1 is 1.55 bits per heavy atom. The van der Waals surface area contributed by atoms with Gasteiger partial charge in [-0.25, -0.2) is 19.3 Å². The minimum Gasteiger partial charge on any atom is -0.382 e. The molecule has 0 aliphatic carbocycles. The van der Waals surface area contributed by atoms with Gasteiger partial charge in [0.1, 0.15) is 31.0 Å². The molecule has 0 spiro atoms. The molecule has 0 saturated heterocycles. The summed E-state index contributed by atoms with van der Waals surface area (Å²) in [4.78, 5) is 21.0. The van der Waals surface area contributed by atoms with Gasteiger partial charge >= 0.3 is 0 Å². The third kappa shape index (κ3) is 3.50. The van der Waals surface area contributed by atoms with Gasteiger partial charge in [-0.2, -0.15) is 0 Å². The van der Waals surface area contributed by atoms with Gasteiger partial charge in [0.05, 0.1) is 12.9 Å². The van der Waals surface area contributed by atoms with Crippen LogP contribution in [0.1, 0.15) is 0 Å². The van der Waals surface area contributed by atoms with Crippen LogP contribution in [-0.2, 0) is 15.8 Å². The van der Waals surface area contributed by atoms with Crippen molar-refractivity contribution in [3.05, 3.63) is 12.7 Å². The fourth-order valence-electron chi connectivity index (χ4n) is 1.64. The quantitative estimate of drug-likeness (QED) is 0.751. The van der Waals surface area contributed by atoms with Gasteiger partial charge in [0.15, 0.2) is 11.5 Å². The van der Waals surface area contributed by atoms with Crippen LogP contribution in [0.3, 0.4) is 0 Å². The Hall–Kier alpha value is -1.57. The lowest BCUT2D eigenvalue weighted by atomic mass is 10.4. The van der Waals surface area contributed by atoms with Gasteiger partial charge in [0, 0.05) is 6.66 Å². The van der Waals surface area contributed by atoms with Gasteiger partial charge in [-0.1, -0.05) is 0 Å².